The van der Waals surface area contributed by atoms with Crippen LogP contribution in [0.15, 0.2) is 65.6 Å². The number of carbonyl (C=O) groups is 1. The van der Waals surface area contributed by atoms with Crippen LogP contribution < -0.4 is 0 Å². The van der Waals surface area contributed by atoms with Gasteiger partial charge in [0.05, 0.1) is 0 Å². The second-order valence-corrected chi connectivity index (χ2v) is 24.4. The van der Waals surface area contributed by atoms with E-state index in [1.54, 1.807) is 12.1 Å². The minimum absolute atomic E-state index is 0.316. The number of hydrogen-bond donors (Lipinski definition) is 0. The van der Waals surface area contributed by atoms with Crippen molar-refractivity contribution in [1.29, 1.82) is 0 Å². The van der Waals surface area contributed by atoms with Gasteiger partial charge < -0.3 is 0 Å². The molecule has 426 valence electrons. The zero-order valence-electron chi connectivity index (χ0n) is 49.7. The monoisotopic (exact) mass is 1050 g/mol. The van der Waals surface area contributed by atoms with E-state index in [4.69, 9.17) is 4.18 Å². The van der Waals surface area contributed by atoms with Gasteiger partial charge in [-0.15, -0.1) is 0 Å². The van der Waals surface area contributed by atoms with Gasteiger partial charge in [0.15, 0.2) is 11.9 Å². The summed E-state index contributed by atoms with van der Waals surface area (Å²) in [6.07, 6.45) is 52.5. The number of carbonyl (C=O) groups excluding carboxylic acids is 1. The highest BCUT2D eigenvalue weighted by Gasteiger charge is 2.36. The molecule has 1 unspecified atom stereocenters. The smallest absolute Gasteiger partial charge is 0.291 e. The van der Waals surface area contributed by atoms with E-state index in [-0.39, 0.29) is 5.78 Å². The normalized spacial score (nSPS) is 12.2. The first kappa shape index (κ1) is 66.5. The van der Waals surface area contributed by atoms with Gasteiger partial charge in [-0.05, 0) is 97.6 Å². The molecule has 0 saturated carbocycles. The largest absolute Gasteiger partial charge is 0.298 e. The van der Waals surface area contributed by atoms with Crippen LogP contribution >= 0.6 is 0 Å². The number of ketones is 1. The third kappa shape index (κ3) is 28.1. The standard InChI is InChI=1S/C70H116O4S/c1-6-11-16-21-26-31-36-47-56-63-64(57-48-37-32-27-22-17-12-7-2)66(59-50-39-34-29-24-19-14-9-4)70(75(72,73)74-69(62-54-45-42-46-55-62)68(71)61-52-43-41-44-53-61)67(60-51-40-35-30-25-20-15-10-5)65(63)58-49-38-33-28-23-18-13-8-3/h41-46,52-55,69H,6-40,47-51,56-60H2,1-5H3. The van der Waals surface area contributed by atoms with Crippen LogP contribution in [0, 0.1) is 0 Å². The number of unbranched alkanes of at least 4 members (excludes halogenated alkanes) is 35. The quantitative estimate of drug-likeness (QED) is 0.0321. The highest BCUT2D eigenvalue weighted by molar-refractivity contribution is 7.87. The summed E-state index contributed by atoms with van der Waals surface area (Å²) in [6, 6.07) is 18.6. The van der Waals surface area contributed by atoms with Crippen LogP contribution in [0.2, 0.25) is 0 Å². The lowest BCUT2D eigenvalue weighted by Crippen LogP contribution is -2.24. The summed E-state index contributed by atoms with van der Waals surface area (Å²) >= 11 is 0. The van der Waals surface area contributed by atoms with Gasteiger partial charge in [-0.3, -0.25) is 4.79 Å². The van der Waals surface area contributed by atoms with Gasteiger partial charge >= 0.3 is 0 Å². The van der Waals surface area contributed by atoms with Gasteiger partial charge in [0.2, 0.25) is 0 Å². The van der Waals surface area contributed by atoms with E-state index >= 15 is 8.42 Å². The van der Waals surface area contributed by atoms with Gasteiger partial charge in [-0.1, -0.05) is 320 Å². The molecule has 0 amide bonds. The van der Waals surface area contributed by atoms with Gasteiger partial charge in [-0.2, -0.15) is 8.42 Å². The Morgan fingerprint density at radius 1 is 0.333 bits per heavy atom. The number of hydrogen-bond acceptors (Lipinski definition) is 4. The number of rotatable bonds is 51. The molecule has 0 N–H and O–H groups in total. The minimum Gasteiger partial charge on any atom is -0.291 e. The van der Waals surface area contributed by atoms with E-state index in [0.29, 0.717) is 16.0 Å². The van der Waals surface area contributed by atoms with Gasteiger partial charge in [0.1, 0.15) is 4.90 Å². The third-order valence-corrected chi connectivity index (χ3v) is 17.7. The molecule has 0 saturated heterocycles. The zero-order valence-corrected chi connectivity index (χ0v) is 50.5. The van der Waals surface area contributed by atoms with Crippen LogP contribution in [-0.2, 0) is 46.4 Å². The molecule has 75 heavy (non-hydrogen) atoms. The molecule has 0 aliphatic rings. The van der Waals surface area contributed by atoms with Gasteiger partial charge in [0.25, 0.3) is 10.1 Å². The fourth-order valence-corrected chi connectivity index (χ4v) is 13.3. The fourth-order valence-electron chi connectivity index (χ4n) is 11.7. The molecule has 4 nitrogen and oxygen atoms in total. The Labute approximate surface area is 465 Å². The summed E-state index contributed by atoms with van der Waals surface area (Å²) in [4.78, 5) is 15.2. The molecule has 0 aliphatic heterocycles. The summed E-state index contributed by atoms with van der Waals surface area (Å²) in [6.45, 7) is 11.5. The first-order valence-electron chi connectivity index (χ1n) is 32.6. The molecule has 3 aromatic rings. The SMILES string of the molecule is CCCCCCCCCCc1c(CCCCCCCCCC)c(CCCCCCCCCC)c(S(=O)(=O)OC(C(=O)c2ccccc2)c2ccccc2)c(CCCCCCCCCC)c1CCCCCCCCCC. The molecule has 0 radical (unpaired) electrons. The van der Waals surface area contributed by atoms with Crippen LogP contribution in [0.25, 0.3) is 0 Å². The number of Topliss-reactive ketones (excluding diaryl/α,β-unsaturated/α-hetero) is 1. The molecule has 0 spiro atoms. The summed E-state index contributed by atoms with van der Waals surface area (Å²) in [5.41, 5.74) is 7.33. The maximum Gasteiger partial charge on any atom is 0.298 e. The highest BCUT2D eigenvalue weighted by atomic mass is 32.2. The van der Waals surface area contributed by atoms with Crippen molar-refractivity contribution >= 4 is 15.9 Å². The van der Waals surface area contributed by atoms with E-state index in [9.17, 15) is 4.79 Å². The second-order valence-electron chi connectivity index (χ2n) is 22.9. The lowest BCUT2D eigenvalue weighted by molar-refractivity contribution is 0.0801. The van der Waals surface area contributed by atoms with Crippen molar-refractivity contribution in [2.45, 2.75) is 335 Å². The molecular formula is C70H116O4S. The first-order valence-corrected chi connectivity index (χ1v) is 34.0. The maximum atomic E-state index is 16.1. The van der Waals surface area contributed by atoms with E-state index in [1.807, 2.05) is 48.5 Å². The Morgan fingerprint density at radius 2 is 0.573 bits per heavy atom. The molecule has 0 heterocycles. The molecule has 0 aliphatic carbocycles. The lowest BCUT2D eigenvalue weighted by atomic mass is 9.81. The summed E-state index contributed by atoms with van der Waals surface area (Å²) in [5, 5.41) is 0. The van der Waals surface area contributed by atoms with E-state index in [1.165, 1.54) is 229 Å². The third-order valence-electron chi connectivity index (χ3n) is 16.3. The molecule has 5 heteroatoms. The molecule has 3 rings (SSSR count). The Bertz CT molecular complexity index is 1870. The van der Waals surface area contributed by atoms with Crippen molar-refractivity contribution in [3.8, 4) is 0 Å². The van der Waals surface area contributed by atoms with Crippen molar-refractivity contribution in [3.05, 3.63) is 99.6 Å². The van der Waals surface area contributed by atoms with E-state index < -0.39 is 16.2 Å². The van der Waals surface area contributed by atoms with E-state index in [0.717, 1.165) is 88.2 Å². The van der Waals surface area contributed by atoms with Crippen molar-refractivity contribution in [1.82, 2.24) is 0 Å². The molecule has 0 bridgehead atoms. The maximum absolute atomic E-state index is 16.1. The lowest BCUT2D eigenvalue weighted by Gasteiger charge is -2.28. The van der Waals surface area contributed by atoms with Crippen LogP contribution in [0.4, 0.5) is 0 Å². The Balaban J connectivity index is 2.31. The predicted octanol–water partition coefficient (Wildman–Crippen LogP) is 22.4. The van der Waals surface area contributed by atoms with Gasteiger partial charge in [-0.25, -0.2) is 4.18 Å². The molecule has 0 aromatic heterocycles. The molecular weight excluding hydrogens is 937 g/mol. The van der Waals surface area contributed by atoms with Crippen LogP contribution in [-0.4, -0.2) is 14.2 Å². The summed E-state index contributed by atoms with van der Waals surface area (Å²) in [7, 11) is -4.46. The first-order chi connectivity index (χ1) is 36.8. The Morgan fingerprint density at radius 3 is 0.867 bits per heavy atom. The molecule has 1 atom stereocenters. The van der Waals surface area contributed by atoms with Gasteiger partial charge in [0, 0.05) is 5.56 Å². The van der Waals surface area contributed by atoms with E-state index in [2.05, 4.69) is 34.6 Å². The van der Waals surface area contributed by atoms with Crippen molar-refractivity contribution in [3.63, 3.8) is 0 Å². The molecule has 3 aromatic carbocycles. The average Bonchev–Trinajstić information content (AvgIpc) is 3.42. The predicted molar refractivity (Wildman–Crippen MR) is 326 cm³/mol. The highest BCUT2D eigenvalue weighted by Crippen LogP contribution is 2.40. The number of benzene rings is 3. The van der Waals surface area contributed by atoms with Crippen molar-refractivity contribution in [2.24, 2.45) is 0 Å². The van der Waals surface area contributed by atoms with Crippen LogP contribution in [0.5, 0.6) is 0 Å². The van der Waals surface area contributed by atoms with Crippen LogP contribution in [0.1, 0.15) is 341 Å². The Kier molecular flexibility index (Phi) is 39.1. The second kappa shape index (κ2) is 44.1. The molecule has 0 fully saturated rings. The summed E-state index contributed by atoms with van der Waals surface area (Å²) in [5.74, 6) is -0.316. The Hall–Kier alpha value is -2.76. The van der Waals surface area contributed by atoms with Crippen LogP contribution in [0.3, 0.4) is 0 Å². The van der Waals surface area contributed by atoms with Crippen molar-refractivity contribution < 1.29 is 17.4 Å². The fraction of sp³-hybridized carbons (Fsp3) is 0.729. The minimum atomic E-state index is -4.46. The zero-order chi connectivity index (χ0) is 53.9. The average molecular weight is 1050 g/mol. The van der Waals surface area contributed by atoms with Crippen molar-refractivity contribution in [2.75, 3.05) is 0 Å². The topological polar surface area (TPSA) is 60.4 Å². The summed E-state index contributed by atoms with van der Waals surface area (Å²) < 4.78 is 38.9.